The summed E-state index contributed by atoms with van der Waals surface area (Å²) in [5.41, 5.74) is 0. The Labute approximate surface area is 96.6 Å². The number of imide groups is 1. The minimum absolute atomic E-state index is 0.0483. The largest absolute Gasteiger partial charge is 0.436 e. The Morgan fingerprint density at radius 3 is 2.94 bits per heavy atom. The summed E-state index contributed by atoms with van der Waals surface area (Å²) >= 11 is 0. The number of aryl methyl sites for hydroxylation is 1. The van der Waals surface area contributed by atoms with Crippen molar-refractivity contribution in [3.63, 3.8) is 0 Å². The van der Waals surface area contributed by atoms with Crippen molar-refractivity contribution in [3.05, 3.63) is 17.8 Å². The highest BCUT2D eigenvalue weighted by Crippen LogP contribution is 2.07. The number of oxazole rings is 1. The normalized spacial score (nSPS) is 19.9. The smallest absolute Gasteiger partial charge is 0.289 e. The number of aromatic nitrogens is 1. The molecule has 1 aromatic rings. The Hall–Kier alpha value is -2.18. The Morgan fingerprint density at radius 2 is 2.35 bits per heavy atom. The lowest BCUT2D eigenvalue weighted by Crippen LogP contribution is -2.52. The van der Waals surface area contributed by atoms with Crippen LogP contribution in [0.2, 0.25) is 0 Å². The van der Waals surface area contributed by atoms with Crippen molar-refractivity contribution in [2.75, 3.05) is 0 Å². The molecule has 1 unspecified atom stereocenters. The van der Waals surface area contributed by atoms with Gasteiger partial charge < -0.3 is 9.73 Å². The molecule has 1 aliphatic heterocycles. The van der Waals surface area contributed by atoms with Crippen LogP contribution in [0.4, 0.5) is 0 Å². The Bertz CT molecular complexity index is 480. The van der Waals surface area contributed by atoms with Gasteiger partial charge in [-0.25, -0.2) is 4.98 Å². The highest BCUT2D eigenvalue weighted by Gasteiger charge is 2.28. The van der Waals surface area contributed by atoms with E-state index in [4.69, 9.17) is 4.42 Å². The van der Waals surface area contributed by atoms with Gasteiger partial charge in [-0.2, -0.15) is 0 Å². The van der Waals surface area contributed by atoms with Crippen LogP contribution in [0, 0.1) is 6.92 Å². The average molecular weight is 237 g/mol. The molecule has 0 spiro atoms. The zero-order chi connectivity index (χ0) is 12.4. The van der Waals surface area contributed by atoms with Gasteiger partial charge in [0.15, 0.2) is 5.89 Å². The van der Waals surface area contributed by atoms with Crippen LogP contribution in [0.25, 0.3) is 0 Å². The van der Waals surface area contributed by atoms with E-state index in [-0.39, 0.29) is 18.1 Å². The number of nitrogens with one attached hydrogen (secondary N) is 2. The van der Waals surface area contributed by atoms with Gasteiger partial charge in [0.05, 0.1) is 6.20 Å². The van der Waals surface area contributed by atoms with E-state index >= 15 is 0 Å². The molecule has 0 saturated carbocycles. The first-order valence-corrected chi connectivity index (χ1v) is 5.13. The maximum Gasteiger partial charge on any atom is 0.289 e. The molecule has 1 fully saturated rings. The van der Waals surface area contributed by atoms with Crippen molar-refractivity contribution in [2.24, 2.45) is 0 Å². The zero-order valence-corrected chi connectivity index (χ0v) is 9.15. The average Bonchev–Trinajstić information content (AvgIpc) is 2.69. The van der Waals surface area contributed by atoms with Crippen molar-refractivity contribution in [1.82, 2.24) is 15.6 Å². The summed E-state index contributed by atoms with van der Waals surface area (Å²) in [6, 6.07) is -0.703. The van der Waals surface area contributed by atoms with Crippen molar-refractivity contribution >= 4 is 17.7 Å². The lowest BCUT2D eigenvalue weighted by atomic mass is 10.1. The van der Waals surface area contributed by atoms with Crippen LogP contribution in [0.15, 0.2) is 10.6 Å². The Morgan fingerprint density at radius 1 is 1.59 bits per heavy atom. The molecule has 0 radical (unpaired) electrons. The number of carbonyl (C=O) groups excluding carboxylic acids is 3. The van der Waals surface area contributed by atoms with Crippen molar-refractivity contribution in [1.29, 1.82) is 0 Å². The number of carbonyl (C=O) groups is 3. The van der Waals surface area contributed by atoms with Gasteiger partial charge >= 0.3 is 0 Å². The molecule has 3 amide bonds. The van der Waals surface area contributed by atoms with Gasteiger partial charge in [0, 0.05) is 13.3 Å². The lowest BCUT2D eigenvalue weighted by molar-refractivity contribution is -0.134. The fourth-order valence-electron chi connectivity index (χ4n) is 1.53. The molecule has 17 heavy (non-hydrogen) atoms. The molecule has 7 nitrogen and oxygen atoms in total. The summed E-state index contributed by atoms with van der Waals surface area (Å²) in [4.78, 5) is 37.7. The lowest BCUT2D eigenvalue weighted by Gasteiger charge is -2.21. The molecule has 90 valence electrons. The fraction of sp³-hybridized carbons (Fsp3) is 0.400. The third-order valence-corrected chi connectivity index (χ3v) is 2.39. The van der Waals surface area contributed by atoms with Crippen LogP contribution in [-0.2, 0) is 9.59 Å². The molecule has 1 aromatic heterocycles. The predicted octanol–water partition coefficient (Wildman–Crippen LogP) is -0.482. The predicted molar refractivity (Wildman–Crippen MR) is 54.9 cm³/mol. The number of amides is 3. The van der Waals surface area contributed by atoms with Crippen LogP contribution in [0.3, 0.4) is 0 Å². The monoisotopic (exact) mass is 237 g/mol. The first-order chi connectivity index (χ1) is 8.06. The number of hydrogen-bond donors (Lipinski definition) is 2. The minimum atomic E-state index is -0.703. The van der Waals surface area contributed by atoms with Crippen LogP contribution in [-0.4, -0.2) is 28.7 Å². The van der Waals surface area contributed by atoms with Gasteiger partial charge in [-0.15, -0.1) is 0 Å². The first-order valence-electron chi connectivity index (χ1n) is 5.13. The quantitative estimate of drug-likeness (QED) is 0.676. The summed E-state index contributed by atoms with van der Waals surface area (Å²) < 4.78 is 5.02. The van der Waals surface area contributed by atoms with E-state index < -0.39 is 17.9 Å². The molecule has 0 aliphatic carbocycles. The van der Waals surface area contributed by atoms with E-state index in [0.29, 0.717) is 12.3 Å². The molecule has 0 bridgehead atoms. The number of piperidine rings is 1. The van der Waals surface area contributed by atoms with Crippen LogP contribution < -0.4 is 10.6 Å². The maximum absolute atomic E-state index is 11.6. The van der Waals surface area contributed by atoms with Gasteiger partial charge in [0.25, 0.3) is 5.91 Å². The summed E-state index contributed by atoms with van der Waals surface area (Å²) in [6.07, 6.45) is 1.80. The minimum Gasteiger partial charge on any atom is -0.436 e. The van der Waals surface area contributed by atoms with Crippen molar-refractivity contribution < 1.29 is 18.8 Å². The molecule has 1 saturated heterocycles. The van der Waals surface area contributed by atoms with E-state index in [1.54, 1.807) is 6.92 Å². The SMILES string of the molecule is Cc1ncc(C(=O)NC2CCC(=O)NC2=O)o1. The molecular weight excluding hydrogens is 226 g/mol. The topological polar surface area (TPSA) is 101 Å². The zero-order valence-electron chi connectivity index (χ0n) is 9.15. The van der Waals surface area contributed by atoms with Gasteiger partial charge in [0.1, 0.15) is 6.04 Å². The summed E-state index contributed by atoms with van der Waals surface area (Å²) in [5, 5.41) is 4.63. The van der Waals surface area contributed by atoms with Gasteiger partial charge in [-0.05, 0) is 6.42 Å². The third kappa shape index (κ3) is 2.49. The standard InChI is InChI=1S/C10H11N3O4/c1-5-11-4-7(17-5)10(16)12-6-2-3-8(14)13-9(6)15/h4,6H,2-3H2,1H3,(H,12,16)(H,13,14,15). The Balaban J connectivity index is 1.99. The number of hydrogen-bond acceptors (Lipinski definition) is 5. The van der Waals surface area contributed by atoms with Crippen LogP contribution in [0.5, 0.6) is 0 Å². The third-order valence-electron chi connectivity index (χ3n) is 2.39. The first kappa shape index (κ1) is 11.3. The van der Waals surface area contributed by atoms with Gasteiger partial charge in [-0.3, -0.25) is 19.7 Å². The second kappa shape index (κ2) is 4.36. The van der Waals surface area contributed by atoms with E-state index in [2.05, 4.69) is 15.6 Å². The van der Waals surface area contributed by atoms with Gasteiger partial charge in [0.2, 0.25) is 17.6 Å². The second-order valence-electron chi connectivity index (χ2n) is 3.72. The Kier molecular flexibility index (Phi) is 2.90. The van der Waals surface area contributed by atoms with E-state index in [9.17, 15) is 14.4 Å². The van der Waals surface area contributed by atoms with Crippen LogP contribution in [0.1, 0.15) is 29.3 Å². The van der Waals surface area contributed by atoms with E-state index in [1.165, 1.54) is 6.20 Å². The van der Waals surface area contributed by atoms with Gasteiger partial charge in [-0.1, -0.05) is 0 Å². The summed E-state index contributed by atoms with van der Waals surface area (Å²) in [5.74, 6) is -0.910. The molecule has 2 heterocycles. The summed E-state index contributed by atoms with van der Waals surface area (Å²) in [6.45, 7) is 1.61. The molecule has 2 N–H and O–H groups in total. The van der Waals surface area contributed by atoms with E-state index in [0.717, 1.165) is 0 Å². The highest BCUT2D eigenvalue weighted by molar-refractivity contribution is 6.03. The molecule has 0 aromatic carbocycles. The molecule has 1 aliphatic rings. The fourth-order valence-corrected chi connectivity index (χ4v) is 1.53. The number of nitrogens with zero attached hydrogens (tertiary/aromatic N) is 1. The molecule has 2 rings (SSSR count). The van der Waals surface area contributed by atoms with Crippen molar-refractivity contribution in [2.45, 2.75) is 25.8 Å². The molecule has 7 heteroatoms. The number of rotatable bonds is 2. The van der Waals surface area contributed by atoms with Crippen LogP contribution >= 0.6 is 0 Å². The molecular formula is C10H11N3O4. The summed E-state index contributed by atoms with van der Waals surface area (Å²) in [7, 11) is 0. The van der Waals surface area contributed by atoms with E-state index in [1.807, 2.05) is 0 Å². The second-order valence-corrected chi connectivity index (χ2v) is 3.72. The maximum atomic E-state index is 11.6. The highest BCUT2D eigenvalue weighted by atomic mass is 16.4. The molecule has 1 atom stereocenters. The van der Waals surface area contributed by atoms with Crippen molar-refractivity contribution in [3.8, 4) is 0 Å².